The van der Waals surface area contributed by atoms with Gasteiger partial charge in [-0.1, -0.05) is 36.9 Å². The van der Waals surface area contributed by atoms with Gasteiger partial charge >= 0.3 is 0 Å². The van der Waals surface area contributed by atoms with Gasteiger partial charge in [0.1, 0.15) is 5.82 Å². The van der Waals surface area contributed by atoms with Crippen LogP contribution < -0.4 is 5.32 Å². The molecule has 0 fully saturated rings. The molecule has 2 nitrogen and oxygen atoms in total. The van der Waals surface area contributed by atoms with Gasteiger partial charge in [-0.05, 0) is 55.1 Å². The lowest BCUT2D eigenvalue weighted by atomic mass is 10.0. The van der Waals surface area contributed by atoms with Crippen LogP contribution in [0.1, 0.15) is 25.8 Å². The van der Waals surface area contributed by atoms with Crippen molar-refractivity contribution in [3.63, 3.8) is 0 Å². The predicted octanol–water partition coefficient (Wildman–Crippen LogP) is 5.16. The molecule has 0 aliphatic carbocycles. The molecule has 0 bridgehead atoms. The molecule has 0 unspecified atom stereocenters. The van der Waals surface area contributed by atoms with Crippen molar-refractivity contribution in [2.75, 3.05) is 5.32 Å². The number of hydrogen-bond acceptors (Lipinski definition) is 2. The summed E-state index contributed by atoms with van der Waals surface area (Å²) in [6.45, 7) is 11.8. The Morgan fingerprint density at radius 1 is 1.25 bits per heavy atom. The maximum atomic E-state index is 4.32. The number of benzene rings is 1. The van der Waals surface area contributed by atoms with Crippen molar-refractivity contribution >= 4 is 22.2 Å². The summed E-state index contributed by atoms with van der Waals surface area (Å²) < 4.78 is 0. The number of allylic oxidation sites excluding steroid dienone is 3. The molecule has 0 atom stereocenters. The van der Waals surface area contributed by atoms with E-state index in [9.17, 15) is 0 Å². The number of fused-ring (bicyclic) bond motifs is 1. The summed E-state index contributed by atoms with van der Waals surface area (Å²) >= 11 is 0. The molecule has 0 spiro atoms. The number of nitrogens with one attached hydrogen (secondary N) is 1. The first kappa shape index (κ1) is 14.1. The Balaban J connectivity index is 2.38. The highest BCUT2D eigenvalue weighted by Gasteiger charge is 2.01. The van der Waals surface area contributed by atoms with Crippen molar-refractivity contribution in [3.8, 4) is 0 Å². The zero-order valence-electron chi connectivity index (χ0n) is 12.1. The molecule has 20 heavy (non-hydrogen) atoms. The fraction of sp³-hybridized carbons (Fsp3) is 0.167. The Bertz CT molecular complexity index is 681. The van der Waals surface area contributed by atoms with E-state index in [0.717, 1.165) is 17.6 Å². The van der Waals surface area contributed by atoms with Crippen LogP contribution >= 0.6 is 0 Å². The Hall–Kier alpha value is -2.35. The highest BCUT2D eigenvalue weighted by molar-refractivity contribution is 5.87. The predicted molar refractivity (Wildman–Crippen MR) is 88.6 cm³/mol. The summed E-state index contributed by atoms with van der Waals surface area (Å²) in [5.41, 5.74) is 3.67. The second kappa shape index (κ2) is 6.20. The fourth-order valence-corrected chi connectivity index (χ4v) is 2.01. The largest absolute Gasteiger partial charge is 0.347 e. The molecule has 1 N–H and O–H groups in total. The van der Waals surface area contributed by atoms with E-state index in [2.05, 4.69) is 54.7 Å². The normalized spacial score (nSPS) is 11.4. The number of aromatic nitrogens is 1. The lowest BCUT2D eigenvalue weighted by Crippen LogP contribution is -1.90. The summed E-state index contributed by atoms with van der Waals surface area (Å²) in [6.07, 6.45) is 6.64. The van der Waals surface area contributed by atoms with Crippen LogP contribution in [0, 0.1) is 0 Å². The smallest absolute Gasteiger partial charge is 0.130 e. The average Bonchev–Trinajstić information content (AvgIpc) is 2.44. The molecule has 1 aromatic carbocycles. The Morgan fingerprint density at radius 3 is 2.75 bits per heavy atom. The molecule has 0 radical (unpaired) electrons. The van der Waals surface area contributed by atoms with Crippen LogP contribution in [0.3, 0.4) is 0 Å². The second-order valence-electron chi connectivity index (χ2n) is 5.03. The van der Waals surface area contributed by atoms with E-state index >= 15 is 0 Å². The van der Waals surface area contributed by atoms with Crippen LogP contribution in [-0.4, -0.2) is 4.98 Å². The molecule has 0 saturated heterocycles. The van der Waals surface area contributed by atoms with Crippen molar-refractivity contribution in [1.82, 2.24) is 4.98 Å². The first-order chi connectivity index (χ1) is 9.60. The minimum Gasteiger partial charge on any atom is -0.347 e. The molecule has 2 rings (SSSR count). The SMILES string of the molecule is C=CNc1cc2cc(/C(C)=C/CC(=C)C)ccc2cn1. The zero-order chi connectivity index (χ0) is 14.5. The summed E-state index contributed by atoms with van der Waals surface area (Å²) in [4.78, 5) is 4.32. The van der Waals surface area contributed by atoms with Gasteiger partial charge in [-0.3, -0.25) is 0 Å². The monoisotopic (exact) mass is 264 g/mol. The third kappa shape index (κ3) is 3.35. The quantitative estimate of drug-likeness (QED) is 0.754. The molecule has 2 heteroatoms. The van der Waals surface area contributed by atoms with Gasteiger partial charge in [-0.15, -0.1) is 0 Å². The third-order valence-corrected chi connectivity index (χ3v) is 3.18. The minimum atomic E-state index is 0.813. The van der Waals surface area contributed by atoms with Crippen LogP contribution in [0.2, 0.25) is 0 Å². The molecular weight excluding hydrogens is 244 g/mol. The maximum absolute atomic E-state index is 4.32. The van der Waals surface area contributed by atoms with E-state index in [0.29, 0.717) is 0 Å². The minimum absolute atomic E-state index is 0.813. The molecule has 0 amide bonds. The van der Waals surface area contributed by atoms with E-state index in [1.54, 1.807) is 6.20 Å². The first-order valence-corrected chi connectivity index (χ1v) is 6.69. The first-order valence-electron chi connectivity index (χ1n) is 6.69. The molecule has 0 saturated carbocycles. The van der Waals surface area contributed by atoms with Gasteiger partial charge in [0.05, 0.1) is 0 Å². The Morgan fingerprint density at radius 2 is 2.05 bits per heavy atom. The van der Waals surface area contributed by atoms with E-state index in [1.807, 2.05) is 19.2 Å². The van der Waals surface area contributed by atoms with Crippen LogP contribution in [0.4, 0.5) is 5.82 Å². The topological polar surface area (TPSA) is 24.9 Å². The van der Waals surface area contributed by atoms with Crippen molar-refractivity contribution in [2.45, 2.75) is 20.3 Å². The molecule has 102 valence electrons. The van der Waals surface area contributed by atoms with Gasteiger partial charge in [0.25, 0.3) is 0 Å². The highest BCUT2D eigenvalue weighted by atomic mass is 15.0. The van der Waals surface area contributed by atoms with E-state index in [4.69, 9.17) is 0 Å². The molecule has 2 aromatic rings. The molecule has 1 heterocycles. The second-order valence-corrected chi connectivity index (χ2v) is 5.03. The van der Waals surface area contributed by atoms with E-state index in [1.165, 1.54) is 22.1 Å². The lowest BCUT2D eigenvalue weighted by Gasteiger charge is -2.06. The van der Waals surface area contributed by atoms with Gasteiger partial charge in [0, 0.05) is 11.6 Å². The zero-order valence-corrected chi connectivity index (χ0v) is 12.1. The number of nitrogens with zero attached hydrogens (tertiary/aromatic N) is 1. The Kier molecular flexibility index (Phi) is 4.36. The van der Waals surface area contributed by atoms with Crippen molar-refractivity contribution in [2.24, 2.45) is 0 Å². The Labute approximate surface area is 120 Å². The van der Waals surface area contributed by atoms with Gasteiger partial charge < -0.3 is 5.32 Å². The van der Waals surface area contributed by atoms with Crippen molar-refractivity contribution in [1.29, 1.82) is 0 Å². The third-order valence-electron chi connectivity index (χ3n) is 3.18. The number of rotatable bonds is 5. The molecular formula is C18H20N2. The average molecular weight is 264 g/mol. The maximum Gasteiger partial charge on any atom is 0.130 e. The summed E-state index contributed by atoms with van der Waals surface area (Å²) in [5.74, 6) is 0.813. The van der Waals surface area contributed by atoms with Crippen LogP contribution in [-0.2, 0) is 0 Å². The van der Waals surface area contributed by atoms with Crippen LogP contribution in [0.25, 0.3) is 16.3 Å². The lowest BCUT2D eigenvalue weighted by molar-refractivity contribution is 1.22. The van der Waals surface area contributed by atoms with Gasteiger partial charge in [-0.2, -0.15) is 0 Å². The van der Waals surface area contributed by atoms with E-state index < -0.39 is 0 Å². The summed E-state index contributed by atoms with van der Waals surface area (Å²) in [7, 11) is 0. The highest BCUT2D eigenvalue weighted by Crippen LogP contribution is 2.23. The van der Waals surface area contributed by atoms with Crippen LogP contribution in [0.5, 0.6) is 0 Å². The van der Waals surface area contributed by atoms with Crippen molar-refractivity contribution < 1.29 is 0 Å². The van der Waals surface area contributed by atoms with Crippen LogP contribution in [0.15, 0.2) is 61.5 Å². The molecule has 0 aliphatic heterocycles. The number of pyridine rings is 1. The number of anilines is 1. The summed E-state index contributed by atoms with van der Waals surface area (Å²) in [6, 6.07) is 8.46. The van der Waals surface area contributed by atoms with Gasteiger partial charge in [0.2, 0.25) is 0 Å². The van der Waals surface area contributed by atoms with Gasteiger partial charge in [-0.25, -0.2) is 4.98 Å². The molecule has 0 aliphatic rings. The fourth-order valence-electron chi connectivity index (χ4n) is 2.01. The number of hydrogen-bond donors (Lipinski definition) is 1. The van der Waals surface area contributed by atoms with Crippen molar-refractivity contribution in [3.05, 3.63) is 67.0 Å². The standard InChI is InChI=1S/C18H20N2/c1-5-19-18-11-17-10-15(8-9-16(17)12-20-18)14(4)7-6-13(2)3/h5,7-12H,1-2,6H2,3-4H3,(H,19,20)/b14-7+. The molecule has 1 aromatic heterocycles. The van der Waals surface area contributed by atoms with E-state index in [-0.39, 0.29) is 0 Å². The summed E-state index contributed by atoms with van der Waals surface area (Å²) in [5, 5.41) is 5.32. The van der Waals surface area contributed by atoms with Gasteiger partial charge in [0.15, 0.2) is 0 Å².